The van der Waals surface area contributed by atoms with E-state index in [9.17, 15) is 9.59 Å². The first-order valence-electron chi connectivity index (χ1n) is 13.4. The Bertz CT molecular complexity index is 849. The molecule has 32 heavy (non-hydrogen) atoms. The van der Waals surface area contributed by atoms with Gasteiger partial charge < -0.3 is 9.47 Å². The fraction of sp³-hybridized carbons (Fsp3) is 0.857. The maximum Gasteiger partial charge on any atom is 0.330 e. The van der Waals surface area contributed by atoms with Gasteiger partial charge in [0.1, 0.15) is 11.7 Å². The Labute approximate surface area is 191 Å². The molecule has 0 aromatic rings. The van der Waals surface area contributed by atoms with Gasteiger partial charge in [-0.05, 0) is 117 Å². The smallest absolute Gasteiger partial charge is 0.330 e. The van der Waals surface area contributed by atoms with Gasteiger partial charge in [0.15, 0.2) is 0 Å². The fourth-order valence-corrected chi connectivity index (χ4v) is 11.3. The Kier molecular flexibility index (Phi) is 4.03. The maximum atomic E-state index is 13.7. The second kappa shape index (κ2) is 6.42. The first kappa shape index (κ1) is 20.1. The number of esters is 2. The Morgan fingerprint density at radius 1 is 0.875 bits per heavy atom. The molecule has 0 aliphatic heterocycles. The molecule has 0 aromatic heterocycles. The van der Waals surface area contributed by atoms with E-state index in [1.807, 2.05) is 0 Å². The van der Waals surface area contributed by atoms with Gasteiger partial charge in [-0.2, -0.15) is 0 Å². The molecule has 8 unspecified atom stereocenters. The fourth-order valence-electron chi connectivity index (χ4n) is 11.3. The quantitative estimate of drug-likeness (QED) is 0.346. The highest BCUT2D eigenvalue weighted by molar-refractivity contribution is 5.81. The van der Waals surface area contributed by atoms with Crippen LogP contribution in [-0.2, 0) is 19.1 Å². The standard InChI is InChI=1S/C28H38O4/c1-4-24(29)31-23-11-16-10-22(23)27(2)17-12-20(25(16)27)21(13-17)26(30)32-28(3)18-6-14-5-15(8-18)9-19(28)7-14/h4,14-23,25H,1,5-13H2,2-3H3. The van der Waals surface area contributed by atoms with Crippen molar-refractivity contribution in [3.05, 3.63) is 12.7 Å². The monoisotopic (exact) mass is 438 g/mol. The summed E-state index contributed by atoms with van der Waals surface area (Å²) in [6.07, 6.45) is 12.2. The maximum absolute atomic E-state index is 13.7. The molecule has 4 nitrogen and oxygen atoms in total. The van der Waals surface area contributed by atoms with Crippen molar-refractivity contribution in [3.63, 3.8) is 0 Å². The van der Waals surface area contributed by atoms with Gasteiger partial charge in [0.25, 0.3) is 0 Å². The number of fused-ring (bicyclic) bond motifs is 9. The zero-order valence-corrected chi connectivity index (χ0v) is 19.6. The van der Waals surface area contributed by atoms with E-state index in [-0.39, 0.29) is 35.0 Å². The van der Waals surface area contributed by atoms with Gasteiger partial charge in [-0.15, -0.1) is 0 Å². The highest BCUT2D eigenvalue weighted by Crippen LogP contribution is 2.75. The van der Waals surface area contributed by atoms with Crippen LogP contribution < -0.4 is 0 Å². The van der Waals surface area contributed by atoms with Gasteiger partial charge in [0, 0.05) is 12.0 Å². The number of rotatable bonds is 4. The topological polar surface area (TPSA) is 52.6 Å². The molecule has 0 aromatic carbocycles. The molecule has 8 rings (SSSR count). The molecule has 0 saturated heterocycles. The molecule has 8 bridgehead atoms. The Morgan fingerprint density at radius 2 is 1.56 bits per heavy atom. The number of hydrogen-bond donors (Lipinski definition) is 0. The van der Waals surface area contributed by atoms with E-state index >= 15 is 0 Å². The number of hydrogen-bond acceptors (Lipinski definition) is 4. The molecule has 8 saturated carbocycles. The summed E-state index contributed by atoms with van der Waals surface area (Å²) >= 11 is 0. The van der Waals surface area contributed by atoms with Crippen LogP contribution in [0.1, 0.15) is 71.6 Å². The van der Waals surface area contributed by atoms with Crippen LogP contribution in [0.15, 0.2) is 12.7 Å². The molecule has 4 heteroatoms. The molecule has 0 spiro atoms. The van der Waals surface area contributed by atoms with Crippen molar-refractivity contribution in [1.82, 2.24) is 0 Å². The molecule has 0 amide bonds. The zero-order valence-electron chi connectivity index (χ0n) is 19.6. The second-order valence-corrected chi connectivity index (χ2v) is 13.3. The number of ether oxygens (including phenoxy) is 2. The van der Waals surface area contributed by atoms with Crippen molar-refractivity contribution in [1.29, 1.82) is 0 Å². The van der Waals surface area contributed by atoms with Crippen LogP contribution in [0.5, 0.6) is 0 Å². The minimum atomic E-state index is -0.281. The summed E-state index contributed by atoms with van der Waals surface area (Å²) < 4.78 is 12.4. The Hall–Kier alpha value is -1.32. The van der Waals surface area contributed by atoms with Gasteiger partial charge >= 0.3 is 11.9 Å². The first-order chi connectivity index (χ1) is 15.3. The normalized spacial score (nSPS) is 58.1. The summed E-state index contributed by atoms with van der Waals surface area (Å²) in [5.74, 6) is 5.62. The van der Waals surface area contributed by atoms with E-state index in [1.54, 1.807) is 0 Å². The van der Waals surface area contributed by atoms with Crippen molar-refractivity contribution in [3.8, 4) is 0 Å². The lowest BCUT2D eigenvalue weighted by Crippen LogP contribution is -2.58. The van der Waals surface area contributed by atoms with E-state index in [4.69, 9.17) is 9.47 Å². The molecular formula is C28H38O4. The van der Waals surface area contributed by atoms with E-state index in [0.29, 0.717) is 41.4 Å². The third-order valence-corrected chi connectivity index (χ3v) is 12.3. The second-order valence-electron chi connectivity index (χ2n) is 13.3. The van der Waals surface area contributed by atoms with Crippen LogP contribution >= 0.6 is 0 Å². The average Bonchev–Trinajstić information content (AvgIpc) is 3.49. The minimum Gasteiger partial charge on any atom is -0.459 e. The molecule has 8 aliphatic carbocycles. The van der Waals surface area contributed by atoms with Gasteiger partial charge in [-0.1, -0.05) is 13.5 Å². The third-order valence-electron chi connectivity index (χ3n) is 12.3. The first-order valence-corrected chi connectivity index (χ1v) is 13.4. The van der Waals surface area contributed by atoms with Crippen molar-refractivity contribution >= 4 is 11.9 Å². The van der Waals surface area contributed by atoms with Crippen LogP contribution in [0, 0.1) is 64.6 Å². The lowest BCUT2D eigenvalue weighted by molar-refractivity contribution is -0.210. The van der Waals surface area contributed by atoms with Crippen molar-refractivity contribution in [2.24, 2.45) is 64.6 Å². The highest BCUT2D eigenvalue weighted by Gasteiger charge is 2.72. The largest absolute Gasteiger partial charge is 0.459 e. The van der Waals surface area contributed by atoms with Gasteiger partial charge in [-0.3, -0.25) is 4.79 Å². The minimum absolute atomic E-state index is 0.0449. The molecule has 0 heterocycles. The molecule has 0 radical (unpaired) electrons. The predicted molar refractivity (Wildman–Crippen MR) is 119 cm³/mol. The van der Waals surface area contributed by atoms with Crippen LogP contribution in [0.25, 0.3) is 0 Å². The van der Waals surface area contributed by atoms with Crippen molar-refractivity contribution in [2.75, 3.05) is 0 Å². The molecule has 8 aliphatic rings. The summed E-state index contributed by atoms with van der Waals surface area (Å²) in [5, 5.41) is 0. The summed E-state index contributed by atoms with van der Waals surface area (Å²) in [6, 6.07) is 0. The van der Waals surface area contributed by atoms with Crippen LogP contribution in [0.3, 0.4) is 0 Å². The summed E-state index contributed by atoms with van der Waals surface area (Å²) in [6.45, 7) is 8.30. The molecule has 8 atom stereocenters. The Balaban J connectivity index is 1.08. The number of carbonyl (C=O) groups is 2. The molecule has 0 N–H and O–H groups in total. The summed E-state index contributed by atoms with van der Waals surface area (Å²) in [4.78, 5) is 25.5. The van der Waals surface area contributed by atoms with E-state index in [0.717, 1.165) is 31.1 Å². The summed E-state index contributed by atoms with van der Waals surface area (Å²) in [5.41, 5.74) is 0.0112. The van der Waals surface area contributed by atoms with Crippen LogP contribution in [0.4, 0.5) is 0 Å². The van der Waals surface area contributed by atoms with E-state index in [1.165, 1.54) is 44.6 Å². The van der Waals surface area contributed by atoms with Gasteiger partial charge in [0.2, 0.25) is 0 Å². The number of carbonyl (C=O) groups excluding carboxylic acids is 2. The molecule has 174 valence electrons. The molecular weight excluding hydrogens is 400 g/mol. The highest BCUT2D eigenvalue weighted by atomic mass is 16.6. The average molecular weight is 439 g/mol. The van der Waals surface area contributed by atoms with Crippen LogP contribution in [-0.4, -0.2) is 23.6 Å². The van der Waals surface area contributed by atoms with Crippen LogP contribution in [0.2, 0.25) is 0 Å². The zero-order chi connectivity index (χ0) is 22.0. The SMILES string of the molecule is C=CC(=O)OC1CC2CC1C1(C)C3CC(C(=O)OC4(C)C5CC6CC(C5)CC4C6)C(C3)C21. The van der Waals surface area contributed by atoms with E-state index in [2.05, 4.69) is 20.4 Å². The molecule has 8 fully saturated rings. The van der Waals surface area contributed by atoms with Gasteiger partial charge in [-0.25, -0.2) is 4.79 Å². The predicted octanol–water partition coefficient (Wildman–Crippen LogP) is 5.16. The lowest BCUT2D eigenvalue weighted by atomic mass is 9.50. The van der Waals surface area contributed by atoms with E-state index < -0.39 is 0 Å². The van der Waals surface area contributed by atoms with Crippen molar-refractivity contribution < 1.29 is 19.1 Å². The lowest BCUT2D eigenvalue weighted by Gasteiger charge is -2.59. The third kappa shape index (κ3) is 2.40. The summed E-state index contributed by atoms with van der Waals surface area (Å²) in [7, 11) is 0. The van der Waals surface area contributed by atoms with Crippen molar-refractivity contribution in [2.45, 2.75) is 83.3 Å². The van der Waals surface area contributed by atoms with Gasteiger partial charge in [0.05, 0.1) is 5.92 Å². The Morgan fingerprint density at radius 3 is 2.22 bits per heavy atom.